The standard InChI is InChI=1S/C17H24Si/c1-18(2,3)15-14-17(12-13-17)11-7-10-16-8-5-4-6-9-16/h4-6,8-9H,7,10-13H2,1-3H3. The summed E-state index contributed by atoms with van der Waals surface area (Å²) in [4.78, 5) is 0. The number of hydrogen-bond acceptors (Lipinski definition) is 0. The average Bonchev–Trinajstić information content (AvgIpc) is 3.08. The van der Waals surface area contributed by atoms with E-state index in [1.54, 1.807) is 0 Å². The maximum absolute atomic E-state index is 3.61. The van der Waals surface area contributed by atoms with Crippen LogP contribution < -0.4 is 0 Å². The van der Waals surface area contributed by atoms with Gasteiger partial charge >= 0.3 is 0 Å². The Bertz CT molecular complexity index is 438. The molecule has 0 radical (unpaired) electrons. The van der Waals surface area contributed by atoms with Crippen LogP contribution in [0.25, 0.3) is 0 Å². The number of rotatable bonds is 4. The molecular weight excluding hydrogens is 232 g/mol. The van der Waals surface area contributed by atoms with Crippen LogP contribution in [0.5, 0.6) is 0 Å². The van der Waals surface area contributed by atoms with Crippen molar-refractivity contribution in [2.45, 2.75) is 51.7 Å². The molecule has 18 heavy (non-hydrogen) atoms. The van der Waals surface area contributed by atoms with E-state index in [2.05, 4.69) is 61.4 Å². The van der Waals surface area contributed by atoms with Gasteiger partial charge in [-0.1, -0.05) is 50.0 Å². The molecule has 1 fully saturated rings. The molecule has 0 heterocycles. The second-order valence-corrected chi connectivity index (χ2v) is 11.4. The molecule has 0 amide bonds. The van der Waals surface area contributed by atoms with E-state index < -0.39 is 8.07 Å². The summed E-state index contributed by atoms with van der Waals surface area (Å²) in [7, 11) is -1.19. The van der Waals surface area contributed by atoms with Crippen LogP contribution >= 0.6 is 0 Å². The first-order valence-corrected chi connectivity index (χ1v) is 10.6. The molecule has 0 spiro atoms. The highest BCUT2D eigenvalue weighted by Crippen LogP contribution is 2.49. The normalized spacial score (nSPS) is 16.8. The van der Waals surface area contributed by atoms with Crippen LogP contribution in [0, 0.1) is 16.9 Å². The van der Waals surface area contributed by atoms with Crippen molar-refractivity contribution in [2.75, 3.05) is 0 Å². The average molecular weight is 256 g/mol. The first-order chi connectivity index (χ1) is 8.49. The molecule has 1 aliphatic carbocycles. The molecule has 1 saturated carbocycles. The molecule has 0 aromatic heterocycles. The maximum atomic E-state index is 3.61. The van der Waals surface area contributed by atoms with Gasteiger partial charge < -0.3 is 0 Å². The van der Waals surface area contributed by atoms with Crippen LogP contribution in [0.1, 0.15) is 31.2 Å². The van der Waals surface area contributed by atoms with E-state index in [-0.39, 0.29) is 0 Å². The molecule has 1 aromatic rings. The summed E-state index contributed by atoms with van der Waals surface area (Å²) < 4.78 is 0. The lowest BCUT2D eigenvalue weighted by Gasteiger charge is -2.10. The van der Waals surface area contributed by atoms with Gasteiger partial charge in [-0.3, -0.25) is 0 Å². The Hall–Kier alpha value is -1.00. The third-order valence-electron chi connectivity index (χ3n) is 3.52. The van der Waals surface area contributed by atoms with Crippen molar-refractivity contribution in [3.63, 3.8) is 0 Å². The maximum Gasteiger partial charge on any atom is 0.129 e. The smallest absolute Gasteiger partial charge is 0.129 e. The van der Waals surface area contributed by atoms with Crippen molar-refractivity contribution in [3.05, 3.63) is 35.9 Å². The molecule has 0 aliphatic heterocycles. The zero-order valence-electron chi connectivity index (χ0n) is 11.9. The van der Waals surface area contributed by atoms with Gasteiger partial charge in [-0.15, -0.1) is 11.5 Å². The minimum Gasteiger partial charge on any atom is -0.131 e. The molecule has 1 aromatic carbocycles. The van der Waals surface area contributed by atoms with Gasteiger partial charge in [0.15, 0.2) is 0 Å². The third-order valence-corrected chi connectivity index (χ3v) is 4.39. The van der Waals surface area contributed by atoms with Crippen LogP contribution in [0.15, 0.2) is 30.3 Å². The summed E-state index contributed by atoms with van der Waals surface area (Å²) in [5, 5.41) is 0. The number of hydrogen-bond donors (Lipinski definition) is 0. The van der Waals surface area contributed by atoms with Crippen molar-refractivity contribution < 1.29 is 0 Å². The Labute approximate surface area is 113 Å². The van der Waals surface area contributed by atoms with Gasteiger partial charge in [0, 0.05) is 5.41 Å². The fourth-order valence-corrected chi connectivity index (χ4v) is 2.82. The van der Waals surface area contributed by atoms with Gasteiger partial charge in [0.2, 0.25) is 0 Å². The van der Waals surface area contributed by atoms with Gasteiger partial charge in [-0.2, -0.15) is 0 Å². The minimum absolute atomic E-state index is 0.412. The van der Waals surface area contributed by atoms with E-state index in [1.807, 2.05) is 0 Å². The van der Waals surface area contributed by atoms with Gasteiger partial charge in [0.25, 0.3) is 0 Å². The van der Waals surface area contributed by atoms with E-state index in [1.165, 1.54) is 37.7 Å². The second kappa shape index (κ2) is 5.32. The summed E-state index contributed by atoms with van der Waals surface area (Å²) in [6.07, 6.45) is 6.44. The van der Waals surface area contributed by atoms with Gasteiger partial charge in [-0.25, -0.2) is 0 Å². The van der Waals surface area contributed by atoms with Crippen LogP contribution in [0.2, 0.25) is 19.6 Å². The van der Waals surface area contributed by atoms with Crippen LogP contribution in [0.4, 0.5) is 0 Å². The SMILES string of the molecule is C[Si](C)(C)C#CC1(CCCc2ccccc2)CC1. The lowest BCUT2D eigenvalue weighted by molar-refractivity contribution is 0.569. The highest BCUT2D eigenvalue weighted by molar-refractivity contribution is 6.83. The third kappa shape index (κ3) is 4.35. The summed E-state index contributed by atoms with van der Waals surface area (Å²) in [5.41, 5.74) is 5.44. The van der Waals surface area contributed by atoms with E-state index in [0.717, 1.165) is 0 Å². The van der Waals surface area contributed by atoms with E-state index >= 15 is 0 Å². The molecule has 1 heteroatoms. The number of benzene rings is 1. The summed E-state index contributed by atoms with van der Waals surface area (Å²) in [5.74, 6) is 3.61. The predicted octanol–water partition coefficient (Wildman–Crippen LogP) is 4.67. The summed E-state index contributed by atoms with van der Waals surface area (Å²) >= 11 is 0. The molecular formula is C17H24Si. The van der Waals surface area contributed by atoms with Crippen molar-refractivity contribution in [3.8, 4) is 11.5 Å². The Balaban J connectivity index is 1.81. The van der Waals surface area contributed by atoms with Crippen LogP contribution in [-0.4, -0.2) is 8.07 Å². The number of aryl methyl sites for hydroxylation is 1. The molecule has 2 rings (SSSR count). The summed E-state index contributed by atoms with van der Waals surface area (Å²) in [6.45, 7) is 7.00. The largest absolute Gasteiger partial charge is 0.131 e. The molecule has 0 N–H and O–H groups in total. The first-order valence-electron chi connectivity index (χ1n) is 7.07. The second-order valence-electron chi connectivity index (χ2n) is 6.62. The van der Waals surface area contributed by atoms with Crippen molar-refractivity contribution in [2.24, 2.45) is 5.41 Å². The monoisotopic (exact) mass is 256 g/mol. The summed E-state index contributed by atoms with van der Waals surface area (Å²) in [6, 6.07) is 10.8. The van der Waals surface area contributed by atoms with Crippen LogP contribution in [0.3, 0.4) is 0 Å². The minimum atomic E-state index is -1.19. The zero-order valence-corrected chi connectivity index (χ0v) is 12.9. The van der Waals surface area contributed by atoms with Crippen molar-refractivity contribution >= 4 is 8.07 Å². The zero-order chi connectivity index (χ0) is 13.1. The predicted molar refractivity (Wildman–Crippen MR) is 82.2 cm³/mol. The quantitative estimate of drug-likeness (QED) is 0.542. The lowest BCUT2D eigenvalue weighted by Crippen LogP contribution is -2.17. The molecule has 0 bridgehead atoms. The highest BCUT2D eigenvalue weighted by Gasteiger charge is 2.40. The Morgan fingerprint density at radius 2 is 1.78 bits per heavy atom. The van der Waals surface area contributed by atoms with Crippen molar-refractivity contribution in [1.29, 1.82) is 0 Å². The van der Waals surface area contributed by atoms with Gasteiger partial charge in [-0.05, 0) is 37.7 Å². The lowest BCUT2D eigenvalue weighted by atomic mass is 9.98. The topological polar surface area (TPSA) is 0 Å². The van der Waals surface area contributed by atoms with Gasteiger partial charge in [0.1, 0.15) is 8.07 Å². The Morgan fingerprint density at radius 1 is 1.11 bits per heavy atom. The first kappa shape index (κ1) is 13.4. The van der Waals surface area contributed by atoms with Gasteiger partial charge in [0.05, 0.1) is 0 Å². The molecule has 0 saturated heterocycles. The fourth-order valence-electron chi connectivity index (χ4n) is 2.18. The van der Waals surface area contributed by atoms with Crippen LogP contribution in [-0.2, 0) is 6.42 Å². The molecule has 96 valence electrons. The molecule has 0 nitrogen and oxygen atoms in total. The Morgan fingerprint density at radius 3 is 2.33 bits per heavy atom. The van der Waals surface area contributed by atoms with Crippen molar-refractivity contribution in [1.82, 2.24) is 0 Å². The fraction of sp³-hybridized carbons (Fsp3) is 0.529. The van der Waals surface area contributed by atoms with E-state index in [0.29, 0.717) is 5.41 Å². The molecule has 1 aliphatic rings. The molecule has 0 unspecified atom stereocenters. The molecule has 0 atom stereocenters. The van der Waals surface area contributed by atoms with E-state index in [4.69, 9.17) is 0 Å². The van der Waals surface area contributed by atoms with E-state index in [9.17, 15) is 0 Å². The highest BCUT2D eigenvalue weighted by atomic mass is 28.3. The Kier molecular flexibility index (Phi) is 3.97.